The highest BCUT2D eigenvalue weighted by molar-refractivity contribution is 7.95. The van der Waals surface area contributed by atoms with E-state index in [-0.39, 0.29) is 26.4 Å². The number of methoxy groups -OCH3 is 1. The van der Waals surface area contributed by atoms with Crippen LogP contribution in [0.25, 0.3) is 6.08 Å². The summed E-state index contributed by atoms with van der Waals surface area (Å²) >= 11 is 11.7. The first-order valence-corrected chi connectivity index (χ1v) is 8.72. The Morgan fingerprint density at radius 1 is 1.25 bits per heavy atom. The zero-order valence-electron chi connectivity index (χ0n) is 12.3. The van der Waals surface area contributed by atoms with Gasteiger partial charge >= 0.3 is 0 Å². The van der Waals surface area contributed by atoms with Crippen LogP contribution in [0.5, 0.6) is 11.5 Å². The van der Waals surface area contributed by atoms with Crippen molar-refractivity contribution in [2.24, 2.45) is 0 Å². The summed E-state index contributed by atoms with van der Waals surface area (Å²) in [7, 11) is -2.79. The Labute approximate surface area is 149 Å². The first-order valence-electron chi connectivity index (χ1n) is 6.48. The number of allylic oxidation sites excluding steroid dienone is 1. The molecule has 0 radical (unpaired) electrons. The van der Waals surface area contributed by atoms with Gasteiger partial charge in [-0.3, -0.25) is 0 Å². The van der Waals surface area contributed by atoms with Crippen LogP contribution in [-0.2, 0) is 9.84 Å². The molecular formula is C16H11Cl2NO4S. The molecule has 0 spiro atoms. The van der Waals surface area contributed by atoms with Gasteiger partial charge in [-0.15, -0.1) is 0 Å². The van der Waals surface area contributed by atoms with Crippen LogP contribution >= 0.6 is 23.2 Å². The predicted octanol–water partition coefficient (Wildman–Crippen LogP) is 4.05. The number of nitriles is 1. The number of nitrogens with zero attached hydrogens (tertiary/aromatic N) is 1. The molecule has 0 aliphatic carbocycles. The highest BCUT2D eigenvalue weighted by Gasteiger charge is 2.24. The maximum absolute atomic E-state index is 12.6. The summed E-state index contributed by atoms with van der Waals surface area (Å²) in [6.07, 6.45) is 1.16. The second-order valence-electron chi connectivity index (χ2n) is 4.63. The van der Waals surface area contributed by atoms with Crippen LogP contribution in [0.15, 0.2) is 46.2 Å². The molecule has 0 aliphatic rings. The van der Waals surface area contributed by atoms with Crippen molar-refractivity contribution in [3.63, 3.8) is 0 Å². The van der Waals surface area contributed by atoms with E-state index in [0.717, 1.165) is 6.08 Å². The smallest absolute Gasteiger partial charge is 0.218 e. The van der Waals surface area contributed by atoms with Crippen LogP contribution < -0.4 is 4.74 Å². The monoisotopic (exact) mass is 383 g/mol. The van der Waals surface area contributed by atoms with Crippen molar-refractivity contribution in [3.8, 4) is 17.6 Å². The zero-order valence-corrected chi connectivity index (χ0v) is 14.7. The van der Waals surface area contributed by atoms with Crippen molar-refractivity contribution >= 4 is 39.1 Å². The Balaban J connectivity index is 2.59. The minimum absolute atomic E-state index is 0.0381. The van der Waals surface area contributed by atoms with Crippen LogP contribution in [0.1, 0.15) is 5.56 Å². The van der Waals surface area contributed by atoms with Crippen LogP contribution in [0, 0.1) is 11.3 Å². The largest absolute Gasteiger partial charge is 0.504 e. The molecular weight excluding hydrogens is 373 g/mol. The number of sulfone groups is 1. The minimum atomic E-state index is -4.15. The molecule has 0 unspecified atom stereocenters. The fraction of sp³-hybridized carbons (Fsp3) is 0.0625. The number of phenolic OH excluding ortho intramolecular Hbond substituents is 1. The van der Waals surface area contributed by atoms with Crippen LogP contribution in [0.4, 0.5) is 0 Å². The summed E-state index contributed by atoms with van der Waals surface area (Å²) in [5.41, 5.74) is 0.364. The van der Waals surface area contributed by atoms with Gasteiger partial charge in [-0.2, -0.15) is 5.26 Å². The highest BCUT2D eigenvalue weighted by Crippen LogP contribution is 2.32. The van der Waals surface area contributed by atoms with Crippen molar-refractivity contribution < 1.29 is 18.3 Å². The first-order chi connectivity index (χ1) is 11.3. The second-order valence-corrected chi connectivity index (χ2v) is 7.36. The quantitative estimate of drug-likeness (QED) is 0.804. The van der Waals surface area contributed by atoms with E-state index in [0.29, 0.717) is 5.56 Å². The normalized spacial score (nSPS) is 11.8. The molecule has 0 fully saturated rings. The Kier molecular flexibility index (Phi) is 5.40. The summed E-state index contributed by atoms with van der Waals surface area (Å²) in [5, 5.41) is 19.0. The van der Waals surface area contributed by atoms with Gasteiger partial charge in [0.15, 0.2) is 11.5 Å². The lowest BCUT2D eigenvalue weighted by atomic mass is 10.2. The molecule has 0 saturated heterocycles. The molecule has 0 aromatic heterocycles. The minimum Gasteiger partial charge on any atom is -0.504 e. The van der Waals surface area contributed by atoms with Gasteiger partial charge in [0.05, 0.1) is 17.0 Å². The summed E-state index contributed by atoms with van der Waals surface area (Å²) in [4.78, 5) is -0.769. The molecule has 5 nitrogen and oxygen atoms in total. The Bertz CT molecular complexity index is 963. The third kappa shape index (κ3) is 3.65. The van der Waals surface area contributed by atoms with Crippen LogP contribution in [0.2, 0.25) is 10.0 Å². The van der Waals surface area contributed by atoms with Gasteiger partial charge in [0.25, 0.3) is 0 Å². The summed E-state index contributed by atoms with van der Waals surface area (Å²) in [6.45, 7) is 0. The molecule has 0 saturated carbocycles. The van der Waals surface area contributed by atoms with Gasteiger partial charge in [0.2, 0.25) is 9.84 Å². The third-order valence-electron chi connectivity index (χ3n) is 3.08. The Morgan fingerprint density at radius 3 is 2.58 bits per heavy atom. The molecule has 2 aromatic carbocycles. The zero-order chi connectivity index (χ0) is 17.9. The Morgan fingerprint density at radius 2 is 1.96 bits per heavy atom. The van der Waals surface area contributed by atoms with Crippen LogP contribution in [-0.4, -0.2) is 20.6 Å². The molecule has 0 bridgehead atoms. The summed E-state index contributed by atoms with van der Waals surface area (Å²) < 4.78 is 30.3. The molecule has 1 N–H and O–H groups in total. The number of aromatic hydroxyl groups is 1. The lowest BCUT2D eigenvalue weighted by molar-refractivity contribution is 0.373. The summed E-state index contributed by atoms with van der Waals surface area (Å²) in [6, 6.07) is 9.81. The maximum Gasteiger partial charge on any atom is 0.218 e. The highest BCUT2D eigenvalue weighted by atomic mass is 35.5. The molecule has 0 aliphatic heterocycles. The Hall–Kier alpha value is -2.20. The number of hydrogen-bond acceptors (Lipinski definition) is 5. The van der Waals surface area contributed by atoms with Gasteiger partial charge in [-0.25, -0.2) is 8.42 Å². The van der Waals surface area contributed by atoms with Crippen molar-refractivity contribution in [3.05, 3.63) is 56.9 Å². The number of ether oxygens (including phenoxy) is 1. The molecule has 124 valence electrons. The van der Waals surface area contributed by atoms with Crippen LogP contribution in [0.3, 0.4) is 0 Å². The molecule has 0 heterocycles. The number of hydrogen-bond donors (Lipinski definition) is 1. The molecule has 0 amide bonds. The van der Waals surface area contributed by atoms with Gasteiger partial charge in [0.1, 0.15) is 11.0 Å². The summed E-state index contributed by atoms with van der Waals surface area (Å²) in [5.74, 6) is 0.0492. The van der Waals surface area contributed by atoms with Crippen molar-refractivity contribution in [1.82, 2.24) is 0 Å². The standard InChI is InChI=1S/C16H11Cl2NO4S/c1-23-15-7-10(2-5-14(15)20)6-12(9-19)24(21,22)16-8-11(17)3-4-13(16)18/h2-8,20H,1H3. The number of halogens is 2. The number of benzene rings is 2. The van der Waals surface area contributed by atoms with E-state index < -0.39 is 14.7 Å². The topological polar surface area (TPSA) is 87.4 Å². The van der Waals surface area contributed by atoms with Crippen molar-refractivity contribution in [1.29, 1.82) is 5.26 Å². The van der Waals surface area contributed by atoms with E-state index in [9.17, 15) is 18.8 Å². The van der Waals surface area contributed by atoms with Gasteiger partial charge < -0.3 is 9.84 Å². The van der Waals surface area contributed by atoms with Gasteiger partial charge in [-0.05, 0) is 42.0 Å². The molecule has 24 heavy (non-hydrogen) atoms. The molecule has 8 heteroatoms. The first kappa shape index (κ1) is 18.1. The molecule has 2 aromatic rings. The average molecular weight is 384 g/mol. The predicted molar refractivity (Wildman–Crippen MR) is 91.9 cm³/mol. The lowest BCUT2D eigenvalue weighted by Crippen LogP contribution is -2.04. The van der Waals surface area contributed by atoms with E-state index in [2.05, 4.69) is 0 Å². The molecule has 2 rings (SSSR count). The fourth-order valence-corrected chi connectivity index (χ4v) is 3.82. The lowest BCUT2D eigenvalue weighted by Gasteiger charge is -2.07. The van der Waals surface area contributed by atoms with E-state index in [1.165, 1.54) is 43.5 Å². The van der Waals surface area contributed by atoms with Gasteiger partial charge in [0, 0.05) is 5.02 Å². The third-order valence-corrected chi connectivity index (χ3v) is 5.47. The van der Waals surface area contributed by atoms with E-state index in [1.54, 1.807) is 6.07 Å². The molecule has 0 atom stereocenters. The second kappa shape index (κ2) is 7.14. The SMILES string of the molecule is COc1cc(C=C(C#N)S(=O)(=O)c2cc(Cl)ccc2Cl)ccc1O. The maximum atomic E-state index is 12.6. The van der Waals surface area contributed by atoms with Gasteiger partial charge in [-0.1, -0.05) is 29.3 Å². The van der Waals surface area contributed by atoms with Crippen molar-refractivity contribution in [2.45, 2.75) is 4.90 Å². The van der Waals surface area contributed by atoms with E-state index in [1.807, 2.05) is 0 Å². The average Bonchev–Trinajstić information content (AvgIpc) is 2.55. The van der Waals surface area contributed by atoms with Crippen molar-refractivity contribution in [2.75, 3.05) is 7.11 Å². The fourth-order valence-electron chi connectivity index (χ4n) is 1.91. The number of rotatable bonds is 4. The number of phenols is 1. The van der Waals surface area contributed by atoms with E-state index >= 15 is 0 Å². The van der Waals surface area contributed by atoms with E-state index in [4.69, 9.17) is 27.9 Å².